The van der Waals surface area contributed by atoms with Crippen molar-refractivity contribution >= 4 is 13.8 Å². The summed E-state index contributed by atoms with van der Waals surface area (Å²) in [4.78, 5) is 32.5. The Labute approximate surface area is 262 Å². The van der Waals surface area contributed by atoms with Crippen LogP contribution in [-0.4, -0.2) is 97.2 Å². The predicted molar refractivity (Wildman–Crippen MR) is 149 cm³/mol. The number of rotatable bonds is 7. The lowest BCUT2D eigenvalue weighted by Crippen LogP contribution is -2.63. The molecule has 0 amide bonds. The number of esters is 1. The Balaban J connectivity index is 1.32. The summed E-state index contributed by atoms with van der Waals surface area (Å²) < 4.78 is 68.1. The SMILES string of the molecule is COc1cc([C@@H]2c3cc4c(cc3[C@@H](O[C@@H]3OC5CO[C@@H](C)O[C@H]5[C@H](O)[C@H]3O)[C@H]3COC(=O)[C@H]23)OCO4)cc(OC)c1OP(=O)(O)O. The van der Waals surface area contributed by atoms with Crippen molar-refractivity contribution in [3.05, 3.63) is 41.0 Å². The second-order valence-electron chi connectivity index (χ2n) is 11.6. The number of carbonyl (C=O) groups excluding carboxylic acids is 1. The van der Waals surface area contributed by atoms with Crippen molar-refractivity contribution in [3.63, 3.8) is 0 Å². The molecule has 7 rings (SSSR count). The van der Waals surface area contributed by atoms with E-state index in [1.54, 1.807) is 19.1 Å². The van der Waals surface area contributed by atoms with E-state index < -0.39 is 74.6 Å². The summed E-state index contributed by atoms with van der Waals surface area (Å²) in [6.45, 7) is 1.72. The van der Waals surface area contributed by atoms with E-state index >= 15 is 0 Å². The van der Waals surface area contributed by atoms with Crippen LogP contribution in [0.3, 0.4) is 0 Å². The largest absolute Gasteiger partial charge is 0.525 e. The number of phosphoric acid groups is 1. The van der Waals surface area contributed by atoms with E-state index in [1.807, 2.05) is 0 Å². The van der Waals surface area contributed by atoms with Gasteiger partial charge in [0.15, 0.2) is 35.6 Å². The van der Waals surface area contributed by atoms with Crippen LogP contribution >= 0.6 is 7.82 Å². The molecule has 2 aromatic carbocycles. The number of cyclic esters (lactones) is 1. The number of hydrogen-bond acceptors (Lipinski definition) is 14. The maximum atomic E-state index is 13.5. The lowest BCUT2D eigenvalue weighted by atomic mass is 9.66. The molecule has 17 heteroatoms. The van der Waals surface area contributed by atoms with Crippen LogP contribution in [0.4, 0.5) is 0 Å². The summed E-state index contributed by atoms with van der Waals surface area (Å²) >= 11 is 0. The zero-order valence-electron chi connectivity index (χ0n) is 24.8. The topological polar surface area (TPSA) is 207 Å². The van der Waals surface area contributed by atoms with Gasteiger partial charge in [-0.2, -0.15) is 0 Å². The van der Waals surface area contributed by atoms with Crippen molar-refractivity contribution in [1.82, 2.24) is 0 Å². The molecule has 1 unspecified atom stereocenters. The van der Waals surface area contributed by atoms with Crippen molar-refractivity contribution in [3.8, 4) is 28.7 Å². The Kier molecular flexibility index (Phi) is 8.07. The second kappa shape index (κ2) is 11.8. The fourth-order valence-electron chi connectivity index (χ4n) is 6.93. The second-order valence-corrected chi connectivity index (χ2v) is 12.7. The van der Waals surface area contributed by atoms with Crippen LogP contribution in [0.25, 0.3) is 0 Å². The van der Waals surface area contributed by atoms with Gasteiger partial charge in [-0.1, -0.05) is 0 Å². The highest BCUT2D eigenvalue weighted by molar-refractivity contribution is 7.46. The molecule has 4 heterocycles. The number of aliphatic hydroxyl groups excluding tert-OH is 2. The highest BCUT2D eigenvalue weighted by atomic mass is 31.2. The van der Waals surface area contributed by atoms with Gasteiger partial charge in [0.05, 0.1) is 39.5 Å². The minimum absolute atomic E-state index is 0.0303. The van der Waals surface area contributed by atoms with Gasteiger partial charge in [-0.3, -0.25) is 14.6 Å². The molecule has 5 aliphatic rings. The third kappa shape index (κ3) is 5.37. The van der Waals surface area contributed by atoms with Crippen LogP contribution < -0.4 is 23.5 Å². The van der Waals surface area contributed by atoms with Crippen molar-refractivity contribution in [2.75, 3.05) is 34.2 Å². The van der Waals surface area contributed by atoms with E-state index in [9.17, 15) is 29.4 Å². The normalized spacial score (nSPS) is 34.6. The molecular formula is C29H33O16P. The first kappa shape index (κ1) is 31.4. The van der Waals surface area contributed by atoms with Gasteiger partial charge in [0.1, 0.15) is 24.4 Å². The average Bonchev–Trinajstić information content (AvgIpc) is 3.64. The maximum Gasteiger partial charge on any atom is 0.525 e. The van der Waals surface area contributed by atoms with E-state index in [-0.39, 0.29) is 37.3 Å². The minimum atomic E-state index is -5.00. The number of fused-ring (bicyclic) bond motifs is 4. The number of phosphoric ester groups is 1. The number of benzene rings is 2. The number of ether oxygens (including phenoxy) is 9. The summed E-state index contributed by atoms with van der Waals surface area (Å²) in [6.07, 6.45) is -7.18. The van der Waals surface area contributed by atoms with Crippen LogP contribution in [0.5, 0.6) is 28.7 Å². The van der Waals surface area contributed by atoms with Gasteiger partial charge in [-0.05, 0) is 47.9 Å². The third-order valence-electron chi connectivity index (χ3n) is 8.94. The third-order valence-corrected chi connectivity index (χ3v) is 9.36. The first-order valence-electron chi connectivity index (χ1n) is 14.5. The van der Waals surface area contributed by atoms with Crippen LogP contribution in [0.2, 0.25) is 0 Å². The van der Waals surface area contributed by atoms with Gasteiger partial charge in [-0.15, -0.1) is 0 Å². The molecule has 1 aliphatic carbocycles. The van der Waals surface area contributed by atoms with Gasteiger partial charge in [0.25, 0.3) is 0 Å². The summed E-state index contributed by atoms with van der Waals surface area (Å²) in [5.41, 5.74) is 1.65. The zero-order valence-corrected chi connectivity index (χ0v) is 25.7. The molecule has 0 aromatic heterocycles. The first-order valence-corrected chi connectivity index (χ1v) is 16.1. The smallest absolute Gasteiger partial charge is 0.493 e. The van der Waals surface area contributed by atoms with E-state index in [0.717, 1.165) is 0 Å². The van der Waals surface area contributed by atoms with Gasteiger partial charge < -0.3 is 57.4 Å². The van der Waals surface area contributed by atoms with Gasteiger partial charge in [0.2, 0.25) is 12.5 Å². The Morgan fingerprint density at radius 2 is 1.57 bits per heavy atom. The Hall–Kier alpha value is -3.18. The van der Waals surface area contributed by atoms with Gasteiger partial charge >= 0.3 is 13.8 Å². The fourth-order valence-corrected chi connectivity index (χ4v) is 7.35. The molecule has 4 N–H and O–H groups in total. The molecule has 0 radical (unpaired) electrons. The average molecular weight is 669 g/mol. The Morgan fingerprint density at radius 3 is 2.22 bits per heavy atom. The maximum absolute atomic E-state index is 13.5. The fraction of sp³-hybridized carbons (Fsp3) is 0.552. The molecule has 16 nitrogen and oxygen atoms in total. The molecule has 3 saturated heterocycles. The highest BCUT2D eigenvalue weighted by Crippen LogP contribution is 2.57. The molecule has 10 atom stereocenters. The number of aliphatic hydroxyl groups is 2. The van der Waals surface area contributed by atoms with Crippen LogP contribution in [0.15, 0.2) is 24.3 Å². The van der Waals surface area contributed by atoms with Crippen molar-refractivity contribution in [2.24, 2.45) is 11.8 Å². The van der Waals surface area contributed by atoms with Crippen molar-refractivity contribution in [2.45, 2.75) is 55.9 Å². The van der Waals surface area contributed by atoms with Crippen molar-refractivity contribution in [1.29, 1.82) is 0 Å². The van der Waals surface area contributed by atoms with Crippen LogP contribution in [-0.2, 0) is 33.0 Å². The molecule has 0 bridgehead atoms. The summed E-state index contributed by atoms with van der Waals surface area (Å²) in [6, 6.07) is 6.47. The van der Waals surface area contributed by atoms with E-state index in [2.05, 4.69) is 0 Å². The minimum Gasteiger partial charge on any atom is -0.493 e. The number of methoxy groups -OCH3 is 2. The van der Waals surface area contributed by atoms with Gasteiger partial charge in [0, 0.05) is 11.8 Å². The molecule has 2 aromatic rings. The quantitative estimate of drug-likeness (QED) is 0.241. The van der Waals surface area contributed by atoms with Crippen LogP contribution in [0, 0.1) is 11.8 Å². The van der Waals surface area contributed by atoms with Crippen LogP contribution in [0.1, 0.15) is 35.6 Å². The predicted octanol–water partition coefficient (Wildman–Crippen LogP) is 1.10. The highest BCUT2D eigenvalue weighted by Gasteiger charge is 2.56. The number of hydrogen-bond donors (Lipinski definition) is 4. The monoisotopic (exact) mass is 668 g/mol. The van der Waals surface area contributed by atoms with E-state index in [4.69, 9.17) is 47.2 Å². The summed E-state index contributed by atoms with van der Waals surface area (Å²) in [5, 5.41) is 22.0. The molecule has 4 aliphatic heterocycles. The molecule has 46 heavy (non-hydrogen) atoms. The molecule has 250 valence electrons. The van der Waals surface area contributed by atoms with Crippen molar-refractivity contribution < 1.29 is 76.5 Å². The summed E-state index contributed by atoms with van der Waals surface area (Å²) in [7, 11) is -2.40. The van der Waals surface area contributed by atoms with E-state index in [0.29, 0.717) is 28.2 Å². The molecule has 0 spiro atoms. The zero-order chi connectivity index (χ0) is 32.5. The lowest BCUT2D eigenvalue weighted by molar-refractivity contribution is -0.364. The lowest BCUT2D eigenvalue weighted by Gasteiger charge is -2.47. The standard InChI is InChI=1S/C29H33O16P/c1-11-38-9-20-27(42-11)23(30)24(31)29(43-20)44-25-14-7-17-16(40-10-41-17)6-13(14)21(22-15(25)8-39-28(22)32)12-4-18(36-2)26(19(5-12)37-3)45-46(33,34)35/h4-7,11,15,20-25,27,29-31H,8-10H2,1-3H3,(H2,33,34,35)/t11-,15+,20?,21-,22+,23-,24-,25-,27-,29+/m1/s1. The Bertz CT molecular complexity index is 1530. The van der Waals surface area contributed by atoms with Gasteiger partial charge in [-0.25, -0.2) is 4.57 Å². The molecule has 0 saturated carbocycles. The Morgan fingerprint density at radius 1 is 0.891 bits per heavy atom. The molecular weight excluding hydrogens is 635 g/mol. The summed E-state index contributed by atoms with van der Waals surface area (Å²) in [5.74, 6) is -2.25. The molecule has 3 fully saturated rings. The van der Waals surface area contributed by atoms with E-state index in [1.165, 1.54) is 26.4 Å². The first-order chi connectivity index (χ1) is 22.0. The number of carbonyl (C=O) groups is 1.